The van der Waals surface area contributed by atoms with Crippen molar-refractivity contribution in [3.8, 4) is 11.4 Å². The third kappa shape index (κ3) is 4.87. The number of phenolic OH excluding ortho intramolecular Hbond substituents is 1. The molecule has 7 nitrogen and oxygen atoms in total. The molecule has 0 unspecified atom stereocenters. The Morgan fingerprint density at radius 3 is 2.52 bits per heavy atom. The minimum atomic E-state index is -3.48. The van der Waals surface area contributed by atoms with Gasteiger partial charge < -0.3 is 10.4 Å². The van der Waals surface area contributed by atoms with E-state index in [1.54, 1.807) is 29.8 Å². The van der Waals surface area contributed by atoms with Crippen LogP contribution in [0.5, 0.6) is 5.75 Å². The van der Waals surface area contributed by atoms with Crippen molar-refractivity contribution in [1.82, 2.24) is 9.78 Å². The number of hydrogen-bond donors (Lipinski definition) is 2. The summed E-state index contributed by atoms with van der Waals surface area (Å²) in [6, 6.07) is 8.86. The third-order valence-corrected chi connectivity index (χ3v) is 7.17. The van der Waals surface area contributed by atoms with Gasteiger partial charge in [-0.3, -0.25) is 4.79 Å². The monoisotopic (exact) mass is 481 g/mol. The van der Waals surface area contributed by atoms with Gasteiger partial charge in [-0.05, 0) is 50.2 Å². The molecule has 0 radical (unpaired) electrons. The molecule has 3 rings (SSSR count). The number of phenols is 1. The number of carbonyl (C=O) groups is 1. The fraction of sp³-hybridized carbons (Fsp3) is 0.238. The molecular weight excluding hydrogens is 461 g/mol. The van der Waals surface area contributed by atoms with E-state index in [-0.39, 0.29) is 28.5 Å². The highest BCUT2D eigenvalue weighted by Gasteiger charge is 2.19. The fourth-order valence-electron chi connectivity index (χ4n) is 3.15. The van der Waals surface area contributed by atoms with E-state index < -0.39 is 15.7 Å². The number of aryl methyl sites for hydroxylation is 1. The zero-order valence-electron chi connectivity index (χ0n) is 17.1. The lowest BCUT2D eigenvalue weighted by Crippen LogP contribution is -2.16. The SMILES string of the molecule is CCS(=O)(=O)c1ccc(O)c(NC(=O)Cc2c(C)nn(-c3ccc(Cl)cc3Cl)c2C)c1. The summed E-state index contributed by atoms with van der Waals surface area (Å²) in [5, 5.41) is 18.0. The number of nitrogens with zero attached hydrogens (tertiary/aromatic N) is 2. The second-order valence-electron chi connectivity index (χ2n) is 6.96. The topological polar surface area (TPSA) is 101 Å². The zero-order chi connectivity index (χ0) is 22.9. The molecule has 0 aliphatic carbocycles. The van der Waals surface area contributed by atoms with Crippen molar-refractivity contribution in [3.05, 3.63) is 63.4 Å². The maximum Gasteiger partial charge on any atom is 0.229 e. The van der Waals surface area contributed by atoms with Crippen molar-refractivity contribution in [2.75, 3.05) is 11.1 Å². The van der Waals surface area contributed by atoms with Gasteiger partial charge in [-0.15, -0.1) is 0 Å². The van der Waals surface area contributed by atoms with Gasteiger partial charge in [0.1, 0.15) is 5.75 Å². The Labute approximate surface area is 190 Å². The molecule has 0 aliphatic heterocycles. The van der Waals surface area contributed by atoms with Gasteiger partial charge >= 0.3 is 0 Å². The predicted octanol–water partition coefficient (Wildman–Crippen LogP) is 4.48. The number of carbonyl (C=O) groups excluding carboxylic acids is 1. The van der Waals surface area contributed by atoms with E-state index in [9.17, 15) is 18.3 Å². The van der Waals surface area contributed by atoms with Crippen LogP contribution in [0.15, 0.2) is 41.3 Å². The van der Waals surface area contributed by atoms with E-state index in [0.717, 1.165) is 5.69 Å². The van der Waals surface area contributed by atoms with E-state index in [1.807, 2.05) is 6.92 Å². The van der Waals surface area contributed by atoms with Crippen molar-refractivity contribution in [2.24, 2.45) is 0 Å². The van der Waals surface area contributed by atoms with Crippen LogP contribution < -0.4 is 5.32 Å². The average molecular weight is 482 g/mol. The Balaban J connectivity index is 1.87. The van der Waals surface area contributed by atoms with E-state index in [1.165, 1.54) is 25.1 Å². The highest BCUT2D eigenvalue weighted by molar-refractivity contribution is 7.91. The van der Waals surface area contributed by atoms with Crippen LogP contribution in [0.2, 0.25) is 10.0 Å². The minimum absolute atomic E-state index is 0.0208. The van der Waals surface area contributed by atoms with Crippen molar-refractivity contribution in [1.29, 1.82) is 0 Å². The molecule has 10 heteroatoms. The summed E-state index contributed by atoms with van der Waals surface area (Å²) in [6.45, 7) is 5.12. The summed E-state index contributed by atoms with van der Waals surface area (Å²) < 4.78 is 25.8. The van der Waals surface area contributed by atoms with Crippen LogP contribution in [-0.2, 0) is 21.1 Å². The number of aromatic hydroxyl groups is 1. The smallest absolute Gasteiger partial charge is 0.229 e. The standard InChI is InChI=1S/C21H21Cl2N3O4S/c1-4-31(29,30)15-6-8-20(27)18(10-15)24-21(28)11-16-12(2)25-26(13(16)3)19-7-5-14(22)9-17(19)23/h5-10,27H,4,11H2,1-3H3,(H,24,28). The molecule has 3 aromatic rings. The molecule has 2 N–H and O–H groups in total. The number of sulfone groups is 1. The number of amides is 1. The van der Waals surface area contributed by atoms with Crippen LogP contribution in [0.25, 0.3) is 5.69 Å². The van der Waals surface area contributed by atoms with Crippen LogP contribution in [0.3, 0.4) is 0 Å². The number of halogens is 2. The first-order chi connectivity index (χ1) is 14.5. The molecular formula is C21H21Cl2N3O4S. The zero-order valence-corrected chi connectivity index (χ0v) is 19.4. The molecule has 0 saturated heterocycles. The number of rotatable bonds is 6. The Morgan fingerprint density at radius 1 is 1.16 bits per heavy atom. The minimum Gasteiger partial charge on any atom is -0.506 e. The van der Waals surface area contributed by atoms with E-state index in [2.05, 4.69) is 10.4 Å². The van der Waals surface area contributed by atoms with Gasteiger partial charge in [-0.25, -0.2) is 13.1 Å². The Hall–Kier alpha value is -2.55. The molecule has 31 heavy (non-hydrogen) atoms. The summed E-state index contributed by atoms with van der Waals surface area (Å²) in [5.41, 5.74) is 2.73. The van der Waals surface area contributed by atoms with Gasteiger partial charge in [-0.2, -0.15) is 5.10 Å². The normalized spacial score (nSPS) is 11.5. The summed E-state index contributed by atoms with van der Waals surface area (Å²) >= 11 is 12.3. The van der Waals surface area contributed by atoms with Gasteiger partial charge in [0.05, 0.1) is 39.2 Å². The lowest BCUT2D eigenvalue weighted by molar-refractivity contribution is -0.115. The van der Waals surface area contributed by atoms with E-state index >= 15 is 0 Å². The largest absolute Gasteiger partial charge is 0.506 e. The second kappa shape index (κ2) is 8.90. The Bertz CT molecular complexity index is 1270. The molecule has 0 fully saturated rings. The number of anilines is 1. The molecule has 1 amide bonds. The molecule has 1 heterocycles. The highest BCUT2D eigenvalue weighted by Crippen LogP contribution is 2.29. The molecule has 0 aliphatic rings. The van der Waals surface area contributed by atoms with Gasteiger partial charge in [0.25, 0.3) is 0 Å². The van der Waals surface area contributed by atoms with Crippen LogP contribution in [0.4, 0.5) is 5.69 Å². The Kier molecular flexibility index (Phi) is 6.64. The van der Waals surface area contributed by atoms with Crippen molar-refractivity contribution >= 4 is 44.6 Å². The van der Waals surface area contributed by atoms with Gasteiger partial charge in [-0.1, -0.05) is 30.1 Å². The number of nitrogens with one attached hydrogen (secondary N) is 1. The van der Waals surface area contributed by atoms with Crippen LogP contribution in [0.1, 0.15) is 23.9 Å². The van der Waals surface area contributed by atoms with Crippen LogP contribution in [0, 0.1) is 13.8 Å². The molecule has 0 bridgehead atoms. The molecule has 1 aromatic heterocycles. The predicted molar refractivity (Wildman–Crippen MR) is 121 cm³/mol. The first-order valence-corrected chi connectivity index (χ1v) is 11.8. The highest BCUT2D eigenvalue weighted by atomic mass is 35.5. The van der Waals surface area contributed by atoms with Gasteiger partial charge in [0.2, 0.25) is 5.91 Å². The lowest BCUT2D eigenvalue weighted by Gasteiger charge is -2.10. The molecule has 0 spiro atoms. The molecule has 0 saturated carbocycles. The van der Waals surface area contributed by atoms with Crippen molar-refractivity contribution in [2.45, 2.75) is 32.1 Å². The number of benzene rings is 2. The number of aromatic nitrogens is 2. The summed E-state index contributed by atoms with van der Waals surface area (Å²) in [5.74, 6) is -0.731. The number of hydrogen-bond acceptors (Lipinski definition) is 5. The third-order valence-electron chi connectivity index (χ3n) is 4.90. The summed E-state index contributed by atoms with van der Waals surface area (Å²) in [6.07, 6.45) is -0.0208. The summed E-state index contributed by atoms with van der Waals surface area (Å²) in [4.78, 5) is 12.7. The fourth-order valence-corrected chi connectivity index (χ4v) is 4.54. The Morgan fingerprint density at radius 2 is 1.87 bits per heavy atom. The van der Waals surface area contributed by atoms with Crippen LogP contribution >= 0.6 is 23.2 Å². The lowest BCUT2D eigenvalue weighted by atomic mass is 10.1. The average Bonchev–Trinajstić information content (AvgIpc) is 2.97. The molecule has 164 valence electrons. The van der Waals surface area contributed by atoms with E-state index in [4.69, 9.17) is 23.2 Å². The first kappa shape index (κ1) is 23.1. The quantitative estimate of drug-likeness (QED) is 0.505. The second-order valence-corrected chi connectivity index (χ2v) is 10.1. The maximum atomic E-state index is 12.7. The summed E-state index contributed by atoms with van der Waals surface area (Å²) in [7, 11) is -3.48. The molecule has 0 atom stereocenters. The first-order valence-electron chi connectivity index (χ1n) is 9.39. The van der Waals surface area contributed by atoms with Gasteiger partial charge in [0.15, 0.2) is 9.84 Å². The maximum absolute atomic E-state index is 12.7. The van der Waals surface area contributed by atoms with Crippen molar-refractivity contribution in [3.63, 3.8) is 0 Å². The molecule has 2 aromatic carbocycles. The van der Waals surface area contributed by atoms with Gasteiger partial charge in [0, 0.05) is 16.3 Å². The van der Waals surface area contributed by atoms with Crippen LogP contribution in [-0.4, -0.2) is 35.0 Å². The van der Waals surface area contributed by atoms with E-state index in [0.29, 0.717) is 27.0 Å². The van der Waals surface area contributed by atoms with Crippen molar-refractivity contribution < 1.29 is 18.3 Å².